The van der Waals surface area contributed by atoms with Gasteiger partial charge in [0, 0.05) is 29.7 Å². The smallest absolute Gasteiger partial charge is 0.0956 e. The van der Waals surface area contributed by atoms with Crippen LogP contribution in [0, 0.1) is 12.8 Å². The summed E-state index contributed by atoms with van der Waals surface area (Å²) in [5.74, 6) is 0.580. The van der Waals surface area contributed by atoms with Crippen LogP contribution in [0.5, 0.6) is 0 Å². The van der Waals surface area contributed by atoms with Crippen LogP contribution in [0.3, 0.4) is 0 Å². The summed E-state index contributed by atoms with van der Waals surface area (Å²) in [6.45, 7) is 8.47. The second kappa shape index (κ2) is 6.22. The minimum atomic E-state index is 0.138. The van der Waals surface area contributed by atoms with Gasteiger partial charge in [-0.1, -0.05) is 32.0 Å². The van der Waals surface area contributed by atoms with E-state index < -0.39 is 0 Å². The summed E-state index contributed by atoms with van der Waals surface area (Å²) >= 11 is 0. The summed E-state index contributed by atoms with van der Waals surface area (Å²) < 4.78 is 0. The summed E-state index contributed by atoms with van der Waals surface area (Å²) in [5, 5.41) is 10.7. The van der Waals surface area contributed by atoms with Gasteiger partial charge in [0.05, 0.1) is 6.73 Å². The number of rotatable bonds is 6. The number of para-hydroxylation sites is 1. The van der Waals surface area contributed by atoms with Crippen LogP contribution in [-0.4, -0.2) is 34.8 Å². The molecule has 0 spiro atoms. The molecule has 0 bridgehead atoms. The minimum absolute atomic E-state index is 0.138. The molecule has 3 nitrogen and oxygen atoms in total. The summed E-state index contributed by atoms with van der Waals surface area (Å²) in [6.07, 6.45) is 0.975. The van der Waals surface area contributed by atoms with Gasteiger partial charge in [-0.2, -0.15) is 0 Å². The SMILES string of the molecule is Cc1[nH]c2ccccc2c1CCN(CO)CC(C)C. The summed E-state index contributed by atoms with van der Waals surface area (Å²) in [4.78, 5) is 5.53. The van der Waals surface area contributed by atoms with Gasteiger partial charge in [0.25, 0.3) is 0 Å². The van der Waals surface area contributed by atoms with Gasteiger partial charge in [-0.05, 0) is 30.9 Å². The number of aliphatic hydroxyl groups is 1. The van der Waals surface area contributed by atoms with Crippen LogP contribution < -0.4 is 0 Å². The van der Waals surface area contributed by atoms with Gasteiger partial charge < -0.3 is 10.1 Å². The lowest BCUT2D eigenvalue weighted by molar-refractivity contribution is 0.0972. The third kappa shape index (κ3) is 3.37. The molecule has 0 saturated carbocycles. The Kier molecular flexibility index (Phi) is 4.61. The number of nitrogens with one attached hydrogen (secondary N) is 1. The van der Waals surface area contributed by atoms with E-state index in [9.17, 15) is 5.11 Å². The van der Waals surface area contributed by atoms with Crippen molar-refractivity contribution in [1.29, 1.82) is 0 Å². The fourth-order valence-electron chi connectivity index (χ4n) is 2.66. The molecule has 0 unspecified atom stereocenters. The van der Waals surface area contributed by atoms with Crippen molar-refractivity contribution in [3.05, 3.63) is 35.5 Å². The van der Waals surface area contributed by atoms with Gasteiger partial charge in [0.2, 0.25) is 0 Å². The number of aromatic amines is 1. The highest BCUT2D eigenvalue weighted by Crippen LogP contribution is 2.22. The maximum atomic E-state index is 9.40. The molecule has 0 atom stereocenters. The lowest BCUT2D eigenvalue weighted by Crippen LogP contribution is -2.30. The van der Waals surface area contributed by atoms with Crippen LogP contribution in [0.2, 0.25) is 0 Å². The lowest BCUT2D eigenvalue weighted by Gasteiger charge is -2.21. The first-order valence-electron chi connectivity index (χ1n) is 7.01. The van der Waals surface area contributed by atoms with Gasteiger partial charge in [-0.25, -0.2) is 0 Å². The number of hydrogen-bond donors (Lipinski definition) is 2. The molecule has 19 heavy (non-hydrogen) atoms. The number of nitrogens with zero attached hydrogens (tertiary/aromatic N) is 1. The molecule has 0 aliphatic heterocycles. The lowest BCUT2D eigenvalue weighted by atomic mass is 10.1. The van der Waals surface area contributed by atoms with E-state index in [1.165, 1.54) is 22.2 Å². The van der Waals surface area contributed by atoms with Gasteiger partial charge in [-0.3, -0.25) is 4.90 Å². The number of hydrogen-bond acceptors (Lipinski definition) is 2. The second-order valence-corrected chi connectivity index (χ2v) is 5.64. The van der Waals surface area contributed by atoms with E-state index in [4.69, 9.17) is 0 Å². The molecular weight excluding hydrogens is 236 g/mol. The zero-order chi connectivity index (χ0) is 13.8. The molecule has 0 aliphatic carbocycles. The largest absolute Gasteiger partial charge is 0.381 e. The van der Waals surface area contributed by atoms with Crippen molar-refractivity contribution < 1.29 is 5.11 Å². The van der Waals surface area contributed by atoms with E-state index >= 15 is 0 Å². The average molecular weight is 260 g/mol. The zero-order valence-corrected chi connectivity index (χ0v) is 12.1. The zero-order valence-electron chi connectivity index (χ0n) is 12.1. The number of fused-ring (bicyclic) bond motifs is 1. The summed E-state index contributed by atoms with van der Waals surface area (Å²) in [6, 6.07) is 8.42. The number of benzene rings is 1. The van der Waals surface area contributed by atoms with Crippen molar-refractivity contribution in [2.45, 2.75) is 27.2 Å². The van der Waals surface area contributed by atoms with E-state index in [0.717, 1.165) is 19.5 Å². The first-order valence-corrected chi connectivity index (χ1v) is 7.01. The Morgan fingerprint density at radius 3 is 2.68 bits per heavy atom. The van der Waals surface area contributed by atoms with E-state index in [1.807, 2.05) is 0 Å². The molecule has 0 fully saturated rings. The molecule has 0 radical (unpaired) electrons. The minimum Gasteiger partial charge on any atom is -0.381 e. The van der Waals surface area contributed by atoms with Crippen molar-refractivity contribution in [3.63, 3.8) is 0 Å². The average Bonchev–Trinajstić information content (AvgIpc) is 2.70. The van der Waals surface area contributed by atoms with Crippen LogP contribution in [-0.2, 0) is 6.42 Å². The van der Waals surface area contributed by atoms with E-state index in [2.05, 4.69) is 54.9 Å². The number of aryl methyl sites for hydroxylation is 1. The Bertz CT molecular complexity index is 531. The Balaban J connectivity index is 2.10. The molecule has 3 heteroatoms. The van der Waals surface area contributed by atoms with Crippen molar-refractivity contribution in [1.82, 2.24) is 9.88 Å². The van der Waals surface area contributed by atoms with Gasteiger partial charge >= 0.3 is 0 Å². The highest BCUT2D eigenvalue weighted by molar-refractivity contribution is 5.84. The predicted octanol–water partition coefficient (Wildman–Crippen LogP) is 2.93. The third-order valence-corrected chi connectivity index (χ3v) is 3.53. The molecule has 0 saturated heterocycles. The third-order valence-electron chi connectivity index (χ3n) is 3.53. The number of aromatic nitrogens is 1. The quantitative estimate of drug-likeness (QED) is 0.784. The van der Waals surface area contributed by atoms with Crippen molar-refractivity contribution in [2.75, 3.05) is 19.8 Å². The molecule has 2 N–H and O–H groups in total. The van der Waals surface area contributed by atoms with Crippen LogP contribution in [0.25, 0.3) is 10.9 Å². The van der Waals surface area contributed by atoms with Gasteiger partial charge in [0.1, 0.15) is 0 Å². The Hall–Kier alpha value is -1.32. The molecule has 2 aromatic rings. The predicted molar refractivity (Wildman–Crippen MR) is 80.2 cm³/mol. The van der Waals surface area contributed by atoms with Gasteiger partial charge in [0.15, 0.2) is 0 Å². The maximum Gasteiger partial charge on any atom is 0.0956 e. The molecule has 0 aliphatic rings. The topological polar surface area (TPSA) is 39.3 Å². The van der Waals surface area contributed by atoms with E-state index in [1.54, 1.807) is 0 Å². The summed E-state index contributed by atoms with van der Waals surface area (Å²) in [7, 11) is 0. The maximum absolute atomic E-state index is 9.40. The van der Waals surface area contributed by atoms with Gasteiger partial charge in [-0.15, -0.1) is 0 Å². The molecule has 104 valence electrons. The number of H-pyrrole nitrogens is 1. The van der Waals surface area contributed by atoms with Crippen molar-refractivity contribution in [2.24, 2.45) is 5.92 Å². The molecule has 0 amide bonds. The Labute approximate surface area is 115 Å². The second-order valence-electron chi connectivity index (χ2n) is 5.64. The summed E-state index contributed by atoms with van der Waals surface area (Å²) in [5.41, 5.74) is 3.82. The molecule has 1 aromatic carbocycles. The van der Waals surface area contributed by atoms with Crippen LogP contribution in [0.1, 0.15) is 25.1 Å². The standard InChI is InChI=1S/C16H24N2O/c1-12(2)10-18(11-19)9-8-14-13(3)17-16-7-5-4-6-15(14)16/h4-7,12,17,19H,8-11H2,1-3H3. The fourth-order valence-corrected chi connectivity index (χ4v) is 2.66. The monoisotopic (exact) mass is 260 g/mol. The highest BCUT2D eigenvalue weighted by atomic mass is 16.3. The van der Waals surface area contributed by atoms with Crippen molar-refractivity contribution in [3.8, 4) is 0 Å². The molecule has 1 aromatic heterocycles. The molecule has 2 rings (SSSR count). The van der Waals surface area contributed by atoms with Crippen LogP contribution in [0.4, 0.5) is 0 Å². The normalized spacial score (nSPS) is 11.9. The molecular formula is C16H24N2O. The van der Waals surface area contributed by atoms with Crippen molar-refractivity contribution >= 4 is 10.9 Å². The first kappa shape index (κ1) is 14.1. The number of aliphatic hydroxyl groups excluding tert-OH is 1. The van der Waals surface area contributed by atoms with Crippen LogP contribution >= 0.6 is 0 Å². The highest BCUT2D eigenvalue weighted by Gasteiger charge is 2.11. The Morgan fingerprint density at radius 1 is 1.26 bits per heavy atom. The first-order chi connectivity index (χ1) is 9.11. The van der Waals surface area contributed by atoms with E-state index in [0.29, 0.717) is 5.92 Å². The fraction of sp³-hybridized carbons (Fsp3) is 0.500. The molecule has 1 heterocycles. The van der Waals surface area contributed by atoms with Crippen LogP contribution in [0.15, 0.2) is 24.3 Å². The Morgan fingerprint density at radius 2 is 2.00 bits per heavy atom. The van der Waals surface area contributed by atoms with E-state index in [-0.39, 0.29) is 6.73 Å².